The van der Waals surface area contributed by atoms with Gasteiger partial charge in [0, 0.05) is 33.7 Å². The van der Waals surface area contributed by atoms with Crippen LogP contribution in [-0.2, 0) is 20.7 Å². The number of hydrogen-bond donors (Lipinski definition) is 0. The Morgan fingerprint density at radius 2 is 1.57 bits per heavy atom. The summed E-state index contributed by atoms with van der Waals surface area (Å²) in [5, 5.41) is 0. The van der Waals surface area contributed by atoms with E-state index in [1.807, 2.05) is 18.2 Å². The molecule has 0 aliphatic heterocycles. The van der Waals surface area contributed by atoms with Crippen LogP contribution >= 0.6 is 0 Å². The number of benzene rings is 1. The van der Waals surface area contributed by atoms with Gasteiger partial charge in [-0.1, -0.05) is 6.07 Å². The predicted molar refractivity (Wildman–Crippen MR) is 88.2 cm³/mol. The van der Waals surface area contributed by atoms with Crippen LogP contribution in [0.2, 0.25) is 0 Å². The molecule has 0 aliphatic rings. The van der Waals surface area contributed by atoms with Crippen molar-refractivity contribution in [2.75, 3.05) is 54.7 Å². The lowest BCUT2D eigenvalue weighted by Gasteiger charge is -2.22. The van der Waals surface area contributed by atoms with Crippen LogP contribution in [0.4, 0.5) is 0 Å². The monoisotopic (exact) mass is 325 g/mol. The molecule has 130 valence electrons. The van der Waals surface area contributed by atoms with Crippen molar-refractivity contribution in [2.24, 2.45) is 0 Å². The van der Waals surface area contributed by atoms with Crippen molar-refractivity contribution < 1.29 is 23.7 Å². The number of methoxy groups -OCH3 is 4. The van der Waals surface area contributed by atoms with Crippen LogP contribution in [0.15, 0.2) is 18.2 Å². The SMILES string of the molecule is COCCN(CCOC)C(=O)CCc1ccc(OC)c(OC)c1. The zero-order valence-electron chi connectivity index (χ0n) is 14.5. The fraction of sp³-hybridized carbons (Fsp3) is 0.588. The number of carbonyl (C=O) groups excluding carboxylic acids is 1. The van der Waals surface area contributed by atoms with Crippen LogP contribution in [0.3, 0.4) is 0 Å². The van der Waals surface area contributed by atoms with Gasteiger partial charge in [-0.15, -0.1) is 0 Å². The van der Waals surface area contributed by atoms with E-state index < -0.39 is 0 Å². The Labute approximate surface area is 138 Å². The van der Waals surface area contributed by atoms with Crippen molar-refractivity contribution in [1.82, 2.24) is 4.90 Å². The molecule has 0 unspecified atom stereocenters. The Morgan fingerprint density at radius 1 is 0.957 bits per heavy atom. The zero-order chi connectivity index (χ0) is 17.1. The molecule has 1 amide bonds. The van der Waals surface area contributed by atoms with Gasteiger partial charge < -0.3 is 23.8 Å². The summed E-state index contributed by atoms with van der Waals surface area (Å²) in [5.74, 6) is 1.45. The highest BCUT2D eigenvalue weighted by Crippen LogP contribution is 2.28. The lowest BCUT2D eigenvalue weighted by atomic mass is 10.1. The molecule has 0 spiro atoms. The van der Waals surface area contributed by atoms with Gasteiger partial charge in [0.1, 0.15) is 0 Å². The highest BCUT2D eigenvalue weighted by atomic mass is 16.5. The third kappa shape index (κ3) is 6.46. The maximum Gasteiger partial charge on any atom is 0.223 e. The second-order valence-electron chi connectivity index (χ2n) is 5.06. The molecular weight excluding hydrogens is 298 g/mol. The molecule has 6 heteroatoms. The van der Waals surface area contributed by atoms with Crippen LogP contribution < -0.4 is 9.47 Å². The number of aryl methyl sites for hydroxylation is 1. The summed E-state index contributed by atoms with van der Waals surface area (Å²) in [7, 11) is 6.46. The molecule has 1 aromatic carbocycles. The van der Waals surface area contributed by atoms with Crippen LogP contribution in [0, 0.1) is 0 Å². The van der Waals surface area contributed by atoms with E-state index in [0.717, 1.165) is 5.56 Å². The maximum atomic E-state index is 12.4. The van der Waals surface area contributed by atoms with Crippen molar-refractivity contribution >= 4 is 5.91 Å². The van der Waals surface area contributed by atoms with E-state index in [1.165, 1.54) is 0 Å². The summed E-state index contributed by atoms with van der Waals surface area (Å²) < 4.78 is 20.6. The third-order valence-electron chi connectivity index (χ3n) is 3.56. The number of amides is 1. The fourth-order valence-corrected chi connectivity index (χ4v) is 2.21. The average molecular weight is 325 g/mol. The zero-order valence-corrected chi connectivity index (χ0v) is 14.5. The highest BCUT2D eigenvalue weighted by Gasteiger charge is 2.13. The molecule has 0 atom stereocenters. The highest BCUT2D eigenvalue weighted by molar-refractivity contribution is 5.76. The minimum absolute atomic E-state index is 0.0916. The van der Waals surface area contributed by atoms with E-state index in [4.69, 9.17) is 18.9 Å². The molecule has 1 aromatic rings. The Hall–Kier alpha value is -1.79. The average Bonchev–Trinajstić information content (AvgIpc) is 2.59. The van der Waals surface area contributed by atoms with Crippen LogP contribution in [0.5, 0.6) is 11.5 Å². The molecule has 0 bridgehead atoms. The lowest BCUT2D eigenvalue weighted by Crippen LogP contribution is -2.36. The Bertz CT molecular complexity index is 470. The Morgan fingerprint density at radius 3 is 2.09 bits per heavy atom. The number of ether oxygens (including phenoxy) is 4. The predicted octanol–water partition coefficient (Wildman–Crippen LogP) is 1.76. The number of hydrogen-bond acceptors (Lipinski definition) is 5. The topological polar surface area (TPSA) is 57.2 Å². The van der Waals surface area contributed by atoms with E-state index in [2.05, 4.69) is 0 Å². The molecule has 0 N–H and O–H groups in total. The summed E-state index contributed by atoms with van der Waals surface area (Å²) in [6, 6.07) is 5.70. The van der Waals surface area contributed by atoms with Crippen LogP contribution in [0.25, 0.3) is 0 Å². The van der Waals surface area contributed by atoms with E-state index in [0.29, 0.717) is 50.6 Å². The normalized spacial score (nSPS) is 10.4. The number of nitrogens with zero attached hydrogens (tertiary/aromatic N) is 1. The van der Waals surface area contributed by atoms with E-state index in [9.17, 15) is 4.79 Å². The molecule has 0 radical (unpaired) electrons. The molecule has 6 nitrogen and oxygen atoms in total. The molecule has 0 heterocycles. The van der Waals surface area contributed by atoms with Crippen molar-refractivity contribution in [2.45, 2.75) is 12.8 Å². The summed E-state index contributed by atoms with van der Waals surface area (Å²) in [6.07, 6.45) is 1.08. The van der Waals surface area contributed by atoms with Gasteiger partial charge in [-0.2, -0.15) is 0 Å². The molecule has 0 aromatic heterocycles. The summed E-state index contributed by atoms with van der Waals surface area (Å²) in [4.78, 5) is 14.1. The minimum atomic E-state index is 0.0916. The first-order valence-electron chi connectivity index (χ1n) is 7.62. The van der Waals surface area contributed by atoms with Gasteiger partial charge >= 0.3 is 0 Å². The smallest absolute Gasteiger partial charge is 0.223 e. The molecule has 0 fully saturated rings. The van der Waals surface area contributed by atoms with Gasteiger partial charge in [0.05, 0.1) is 27.4 Å². The van der Waals surface area contributed by atoms with Crippen molar-refractivity contribution in [1.29, 1.82) is 0 Å². The van der Waals surface area contributed by atoms with Crippen molar-refractivity contribution in [3.05, 3.63) is 23.8 Å². The molecule has 23 heavy (non-hydrogen) atoms. The van der Waals surface area contributed by atoms with Gasteiger partial charge in [-0.25, -0.2) is 0 Å². The first-order chi connectivity index (χ1) is 11.2. The molecular formula is C17H27NO5. The van der Waals surface area contributed by atoms with E-state index in [-0.39, 0.29) is 5.91 Å². The first kappa shape index (κ1) is 19.3. The molecule has 0 saturated heterocycles. The molecule has 0 saturated carbocycles. The number of rotatable bonds is 11. The fourth-order valence-electron chi connectivity index (χ4n) is 2.21. The van der Waals surface area contributed by atoms with E-state index in [1.54, 1.807) is 33.3 Å². The Kier molecular flexibility index (Phi) is 9.09. The van der Waals surface area contributed by atoms with Gasteiger partial charge in [0.15, 0.2) is 11.5 Å². The van der Waals surface area contributed by atoms with Gasteiger partial charge in [-0.3, -0.25) is 4.79 Å². The van der Waals surface area contributed by atoms with Crippen molar-refractivity contribution in [3.8, 4) is 11.5 Å². The summed E-state index contributed by atoms with van der Waals surface area (Å²) in [5.41, 5.74) is 1.04. The lowest BCUT2D eigenvalue weighted by molar-refractivity contribution is -0.132. The minimum Gasteiger partial charge on any atom is -0.493 e. The standard InChI is InChI=1S/C17H27NO5/c1-20-11-9-18(10-12-21-2)17(19)8-6-14-5-7-15(22-3)16(13-14)23-4/h5,7,13H,6,8-12H2,1-4H3. The van der Waals surface area contributed by atoms with Gasteiger partial charge in [0.2, 0.25) is 5.91 Å². The summed E-state index contributed by atoms with van der Waals surface area (Å²) >= 11 is 0. The van der Waals surface area contributed by atoms with Gasteiger partial charge in [-0.05, 0) is 24.1 Å². The Balaban J connectivity index is 2.61. The third-order valence-corrected chi connectivity index (χ3v) is 3.56. The molecule has 0 aliphatic carbocycles. The van der Waals surface area contributed by atoms with Crippen LogP contribution in [0.1, 0.15) is 12.0 Å². The molecule has 1 rings (SSSR count). The van der Waals surface area contributed by atoms with Crippen molar-refractivity contribution in [3.63, 3.8) is 0 Å². The van der Waals surface area contributed by atoms with Gasteiger partial charge in [0.25, 0.3) is 0 Å². The number of carbonyl (C=O) groups is 1. The second-order valence-corrected chi connectivity index (χ2v) is 5.06. The first-order valence-corrected chi connectivity index (χ1v) is 7.62. The quantitative estimate of drug-likeness (QED) is 0.620. The second kappa shape index (κ2) is 10.9. The van der Waals surface area contributed by atoms with E-state index >= 15 is 0 Å². The summed E-state index contributed by atoms with van der Waals surface area (Å²) in [6.45, 7) is 2.19. The van der Waals surface area contributed by atoms with Crippen LogP contribution in [-0.4, -0.2) is 65.5 Å². The maximum absolute atomic E-state index is 12.4. The largest absolute Gasteiger partial charge is 0.493 e.